The zero-order valence-electron chi connectivity index (χ0n) is 67.6. The Hall–Kier alpha value is -15.8. The van der Waals surface area contributed by atoms with Crippen molar-refractivity contribution in [2.24, 2.45) is 0 Å². The number of nitrogens with zero attached hydrogens (tertiary/aromatic N) is 16. The van der Waals surface area contributed by atoms with Gasteiger partial charge in [-0.1, -0.05) is 60.5 Å². The summed E-state index contributed by atoms with van der Waals surface area (Å²) in [6.45, 7) is 6.57. The van der Waals surface area contributed by atoms with Gasteiger partial charge in [0.2, 0.25) is 5.88 Å². The van der Waals surface area contributed by atoms with E-state index in [1.807, 2.05) is 63.2 Å². The smallest absolute Gasteiger partial charge is 0.286 e. The summed E-state index contributed by atoms with van der Waals surface area (Å²) in [5.41, 5.74) is 7.31. The molecular weight excluding hydrogens is 1660 g/mol. The zero-order chi connectivity index (χ0) is 89.3. The highest BCUT2D eigenvalue weighted by atomic mass is 35.5. The van der Waals surface area contributed by atoms with Crippen molar-refractivity contribution in [3.63, 3.8) is 0 Å². The maximum absolute atomic E-state index is 13.9. The van der Waals surface area contributed by atoms with Gasteiger partial charge in [0.15, 0.2) is 57.7 Å². The summed E-state index contributed by atoms with van der Waals surface area (Å²) in [6.07, 6.45) is 26.4. The fourth-order valence-corrected chi connectivity index (χ4v) is 11.9. The molecule has 0 fully saturated rings. The second kappa shape index (κ2) is 45.2. The number of hydrogen-bond donors (Lipinski definition) is 0. The Labute approximate surface area is 728 Å². The van der Waals surface area contributed by atoms with Crippen LogP contribution in [0.25, 0.3) is 0 Å². The SMILES string of the molecule is CC(F)(F)c1cccc(CC(=O)c2cc(F)cc(Oc3cncnc3)c2)n1.CCc1cccc(CC(=O)c2cc(Cl)cc(Oc3cncnc3)c2)n1.COc1cccc(CC(=O)c2cc(F)cc(Oc3cncnc3)c2)n1.Cc1cccc(CC(=O)c2cc(C#N)cc(Oc3cncnc3)c2)n1.Cc1cncc(CC(=O)c2cc(Cl)cc(Oc3cncnc3)c2)c1. The molecule has 5 aromatic carbocycles. The quantitative estimate of drug-likeness (QED) is 0.0325. The van der Waals surface area contributed by atoms with Crippen molar-refractivity contribution in [2.45, 2.75) is 72.1 Å². The van der Waals surface area contributed by atoms with E-state index in [0.717, 1.165) is 59.8 Å². The highest BCUT2D eigenvalue weighted by Gasteiger charge is 2.27. The molecule has 15 aromatic rings. The second-order valence-electron chi connectivity index (χ2n) is 27.1. The molecule has 632 valence electrons. The molecule has 126 heavy (non-hydrogen) atoms. The summed E-state index contributed by atoms with van der Waals surface area (Å²) in [5, 5.41) is 10.1. The molecule has 0 bridgehead atoms. The molecule has 0 saturated heterocycles. The van der Waals surface area contributed by atoms with Crippen LogP contribution >= 0.6 is 23.2 Å². The number of hydrogen-bond acceptors (Lipinski definition) is 27. The molecule has 0 unspecified atom stereocenters. The predicted octanol–water partition coefficient (Wildman–Crippen LogP) is 19.2. The average molecular weight is 1740 g/mol. The Morgan fingerprint density at radius 1 is 0.373 bits per heavy atom. The van der Waals surface area contributed by atoms with E-state index in [1.165, 1.54) is 137 Å². The Kier molecular flexibility index (Phi) is 32.6. The van der Waals surface area contributed by atoms with Crippen LogP contribution in [-0.4, -0.2) is 111 Å². The number of carbonyl (C=O) groups is 5. The number of ketones is 5. The number of carbonyl (C=O) groups excluding carboxylic acids is 5. The van der Waals surface area contributed by atoms with E-state index < -0.39 is 29.0 Å². The van der Waals surface area contributed by atoms with Gasteiger partial charge in [0.25, 0.3) is 5.92 Å². The highest BCUT2D eigenvalue weighted by Crippen LogP contribution is 2.32. The lowest BCUT2D eigenvalue weighted by Crippen LogP contribution is -2.12. The standard InChI is InChI=1S/C19H16ClN3O2.C19H14F3N3O2.C19H14N4O2.C18H14ClN3O2.C18H14FN3O3/c1-2-15-4-3-5-16(23-15)9-19(24)13-6-14(20)8-17(7-13)25-18-10-21-12-22-11-18;1-19(21,22)18-4-2-3-14(25-18)8-17(26)12-5-13(20)7-15(6-12)27-16-9-23-11-24-10-16;1-13-3-2-4-16(23-13)8-19(24)15-5-14(9-20)6-17(7-15)25-18-10-21-12-22-11-18;1-12-2-13(8-20-7-12)3-18(23)14-4-15(19)6-16(5-14)24-17-9-21-11-22-10-17;1-24-18-4-2-3-14(22-18)8-17(23)12-5-13(19)7-15(6-12)25-16-9-20-11-21-10-16/h3-8,10-12H,2,9H2,1H3;2-7,9-11H,8H2,1H3;2-7,10-12H,8H2,1H3;2,4-11H,3H2,1H3;2-7,9-11H,8H2,1H3. The molecule has 0 atom stereocenters. The minimum absolute atomic E-state index is 0.0224. The first-order chi connectivity index (χ1) is 60.8. The van der Waals surface area contributed by atoms with Gasteiger partial charge >= 0.3 is 0 Å². The first-order valence-corrected chi connectivity index (χ1v) is 38.8. The van der Waals surface area contributed by atoms with Gasteiger partial charge in [-0.3, -0.25) is 43.9 Å². The van der Waals surface area contributed by atoms with Gasteiger partial charge in [-0.25, -0.2) is 63.6 Å². The van der Waals surface area contributed by atoms with Crippen LogP contribution < -0.4 is 28.4 Å². The molecule has 0 radical (unpaired) electrons. The molecule has 10 heterocycles. The van der Waals surface area contributed by atoms with Gasteiger partial charge in [-0.15, -0.1) is 0 Å². The topological polar surface area (TPSA) is 358 Å². The lowest BCUT2D eigenvalue weighted by atomic mass is 10.0. The number of halogens is 6. The lowest BCUT2D eigenvalue weighted by molar-refractivity contribution is 0.0125. The summed E-state index contributed by atoms with van der Waals surface area (Å²) in [5.74, 6) is -1.38. The molecule has 10 aromatic heterocycles. The van der Waals surface area contributed by atoms with Gasteiger partial charge < -0.3 is 28.4 Å². The first-order valence-electron chi connectivity index (χ1n) is 38.0. The van der Waals surface area contributed by atoms with Crippen LogP contribution in [0.3, 0.4) is 0 Å². The summed E-state index contributed by atoms with van der Waals surface area (Å²) < 4.78 is 87.4. The third kappa shape index (κ3) is 29.2. The minimum atomic E-state index is -3.11. The van der Waals surface area contributed by atoms with Crippen LogP contribution in [0, 0.1) is 36.8 Å². The molecule has 0 aliphatic carbocycles. The number of aryl methyl sites for hydroxylation is 3. The van der Waals surface area contributed by atoms with E-state index >= 15 is 0 Å². The third-order valence-corrected chi connectivity index (χ3v) is 17.5. The first kappa shape index (κ1) is 90.9. The van der Waals surface area contributed by atoms with Crippen molar-refractivity contribution in [2.75, 3.05) is 7.11 Å². The van der Waals surface area contributed by atoms with E-state index in [0.29, 0.717) is 89.8 Å². The van der Waals surface area contributed by atoms with Crippen molar-refractivity contribution < 1.29 is 70.0 Å². The van der Waals surface area contributed by atoms with E-state index in [-0.39, 0.29) is 89.3 Å². The van der Waals surface area contributed by atoms with Crippen LogP contribution in [0.4, 0.5) is 17.6 Å². The van der Waals surface area contributed by atoms with Gasteiger partial charge in [0.1, 0.15) is 77.7 Å². The number of methoxy groups -OCH3 is 1. The Morgan fingerprint density at radius 2 is 0.722 bits per heavy atom. The van der Waals surface area contributed by atoms with Crippen LogP contribution in [0.1, 0.15) is 122 Å². The number of alkyl halides is 2. The van der Waals surface area contributed by atoms with Gasteiger partial charge in [0.05, 0.1) is 112 Å². The molecule has 0 saturated carbocycles. The molecule has 33 heteroatoms. The lowest BCUT2D eigenvalue weighted by Gasteiger charge is -2.11. The summed E-state index contributed by atoms with van der Waals surface area (Å²) in [6, 6.07) is 46.3. The molecule has 0 N–H and O–H groups in total. The summed E-state index contributed by atoms with van der Waals surface area (Å²) >= 11 is 12.2. The van der Waals surface area contributed by atoms with Crippen molar-refractivity contribution in [3.8, 4) is 69.4 Å². The van der Waals surface area contributed by atoms with Crippen molar-refractivity contribution >= 4 is 52.1 Å². The molecular formula is C93H72Cl2F4N16O11. The maximum Gasteiger partial charge on any atom is 0.286 e. The molecule has 15 rings (SSSR count). The fourth-order valence-electron chi connectivity index (χ4n) is 11.5. The van der Waals surface area contributed by atoms with E-state index in [4.69, 9.17) is 51.6 Å². The number of Topliss-reactive ketones (excluding diaryl/α,β-unsaturated/α-hetero) is 5. The molecule has 0 aliphatic heterocycles. The number of rotatable bonds is 28. The number of benzene rings is 5. The molecule has 0 aliphatic rings. The minimum Gasteiger partial charge on any atom is -0.481 e. The number of ether oxygens (including phenoxy) is 6. The second-order valence-corrected chi connectivity index (χ2v) is 28.0. The summed E-state index contributed by atoms with van der Waals surface area (Å²) in [4.78, 5) is 122. The Morgan fingerprint density at radius 3 is 1.12 bits per heavy atom. The average Bonchev–Trinajstić information content (AvgIpc) is 0.849. The Balaban J connectivity index is 0.000000153. The van der Waals surface area contributed by atoms with Crippen LogP contribution in [0.15, 0.2) is 276 Å². The summed E-state index contributed by atoms with van der Waals surface area (Å²) in [7, 11) is 1.50. The zero-order valence-corrected chi connectivity index (χ0v) is 69.1. The number of aromatic nitrogens is 15. The normalized spacial score (nSPS) is 10.5. The van der Waals surface area contributed by atoms with Gasteiger partial charge in [-0.2, -0.15) is 14.0 Å². The largest absolute Gasteiger partial charge is 0.481 e. The van der Waals surface area contributed by atoms with Gasteiger partial charge in [0, 0.05) is 110 Å². The molecule has 27 nitrogen and oxygen atoms in total. The highest BCUT2D eigenvalue weighted by molar-refractivity contribution is 6.31. The van der Waals surface area contributed by atoms with Crippen molar-refractivity contribution in [1.29, 1.82) is 5.26 Å². The van der Waals surface area contributed by atoms with Crippen LogP contribution in [0.2, 0.25) is 10.0 Å². The van der Waals surface area contributed by atoms with E-state index in [9.17, 15) is 46.8 Å². The Bertz CT molecular complexity index is 6180. The van der Waals surface area contributed by atoms with E-state index in [2.05, 4.69) is 74.8 Å². The van der Waals surface area contributed by atoms with Crippen molar-refractivity contribution in [3.05, 3.63) is 382 Å². The van der Waals surface area contributed by atoms with E-state index in [1.54, 1.807) is 91.3 Å². The van der Waals surface area contributed by atoms with Crippen LogP contribution in [-0.2, 0) is 44.4 Å². The number of nitriles is 1. The van der Waals surface area contributed by atoms with Crippen molar-refractivity contribution in [1.82, 2.24) is 74.8 Å². The molecule has 0 amide bonds. The maximum atomic E-state index is 13.9. The fraction of sp³-hybridized carbons (Fsp3) is 0.129. The third-order valence-electron chi connectivity index (χ3n) is 17.1. The molecule has 0 spiro atoms. The van der Waals surface area contributed by atoms with Gasteiger partial charge in [-0.05, 0) is 153 Å². The number of pyridine rings is 5. The van der Waals surface area contributed by atoms with Crippen LogP contribution in [0.5, 0.6) is 63.4 Å². The monoisotopic (exact) mass is 1730 g/mol. The predicted molar refractivity (Wildman–Crippen MR) is 454 cm³/mol.